The first-order valence-electron chi connectivity index (χ1n) is 14.0. The molecule has 0 bridgehead atoms. The van der Waals surface area contributed by atoms with Crippen LogP contribution in [0, 0.1) is 0 Å². The van der Waals surface area contributed by atoms with Crippen LogP contribution in [0.5, 0.6) is 0 Å². The largest absolute Gasteiger partial charge is 0.444 e. The lowest BCUT2D eigenvalue weighted by Gasteiger charge is -2.32. The number of Topliss-reactive ketones (excluding diaryl/α,β-unsaturated/α-hetero) is 1. The molecule has 0 aromatic heterocycles. The smallest absolute Gasteiger partial charge is 0.407 e. The van der Waals surface area contributed by atoms with Gasteiger partial charge in [-0.2, -0.15) is 0 Å². The molecular weight excluding hydrogens is 538 g/mol. The Morgan fingerprint density at radius 1 is 0.927 bits per heavy atom. The lowest BCUT2D eigenvalue weighted by molar-refractivity contribution is -0.115. The Balaban J connectivity index is 1.20. The summed E-state index contributed by atoms with van der Waals surface area (Å²) < 4.78 is 5.36. The summed E-state index contributed by atoms with van der Waals surface area (Å²) in [5.41, 5.74) is 3.63. The fourth-order valence-corrected chi connectivity index (χ4v) is 5.09. The minimum absolute atomic E-state index is 0.119. The van der Waals surface area contributed by atoms with Gasteiger partial charge in [0, 0.05) is 41.9 Å². The highest BCUT2D eigenvalue weighted by atomic mass is 35.5. The topological polar surface area (TPSA) is 87.7 Å². The number of rotatable bonds is 9. The molecule has 0 spiro atoms. The fraction of sp³-hybridized carbons (Fsp3) is 0.364. The monoisotopic (exact) mass is 575 g/mol. The number of hydrogen-bond acceptors (Lipinski definition) is 5. The number of likely N-dealkylation sites (tertiary alicyclic amines) is 1. The van der Waals surface area contributed by atoms with E-state index in [0.29, 0.717) is 16.3 Å². The van der Waals surface area contributed by atoms with Gasteiger partial charge in [-0.05, 0) is 68.9 Å². The molecule has 1 heterocycles. The molecule has 1 fully saturated rings. The van der Waals surface area contributed by atoms with Crippen LogP contribution in [-0.2, 0) is 16.0 Å². The Hall–Kier alpha value is -3.68. The normalized spacial score (nSPS) is 14.3. The van der Waals surface area contributed by atoms with E-state index in [1.807, 2.05) is 75.4 Å². The Morgan fingerprint density at radius 2 is 1.59 bits per heavy atom. The van der Waals surface area contributed by atoms with E-state index in [4.69, 9.17) is 16.3 Å². The maximum Gasteiger partial charge on any atom is 0.407 e. The van der Waals surface area contributed by atoms with Crippen molar-refractivity contribution in [2.45, 2.75) is 58.1 Å². The molecule has 0 unspecified atom stereocenters. The number of anilines is 1. The molecule has 41 heavy (non-hydrogen) atoms. The first-order valence-corrected chi connectivity index (χ1v) is 14.4. The summed E-state index contributed by atoms with van der Waals surface area (Å²) >= 11 is 6.53. The molecule has 4 rings (SSSR count). The zero-order valence-corrected chi connectivity index (χ0v) is 24.7. The van der Waals surface area contributed by atoms with Gasteiger partial charge in [0.05, 0.1) is 6.42 Å². The molecule has 2 N–H and O–H groups in total. The second kappa shape index (κ2) is 13.8. The quantitative estimate of drug-likeness (QED) is 0.218. The fourth-order valence-electron chi connectivity index (χ4n) is 4.81. The summed E-state index contributed by atoms with van der Waals surface area (Å²) in [6, 6.07) is 22.8. The highest BCUT2D eigenvalue weighted by molar-refractivity contribution is 6.31. The number of amides is 2. The van der Waals surface area contributed by atoms with Gasteiger partial charge in [0.15, 0.2) is 5.78 Å². The minimum atomic E-state index is -0.504. The van der Waals surface area contributed by atoms with Crippen LogP contribution in [0.15, 0.2) is 72.8 Å². The lowest BCUT2D eigenvalue weighted by atomic mass is 10.0. The molecule has 1 aliphatic heterocycles. The van der Waals surface area contributed by atoms with Gasteiger partial charge in [-0.3, -0.25) is 9.59 Å². The predicted octanol–water partition coefficient (Wildman–Crippen LogP) is 6.75. The second-order valence-electron chi connectivity index (χ2n) is 11.4. The molecule has 0 radical (unpaired) electrons. The zero-order chi connectivity index (χ0) is 29.4. The number of nitrogens with zero attached hydrogens (tertiary/aromatic N) is 1. The van der Waals surface area contributed by atoms with Gasteiger partial charge in [-0.15, -0.1) is 0 Å². The first kappa shape index (κ1) is 30.3. The molecule has 8 heteroatoms. The van der Waals surface area contributed by atoms with Gasteiger partial charge >= 0.3 is 6.09 Å². The molecule has 2 amide bonds. The molecule has 1 saturated heterocycles. The third-order valence-corrected chi connectivity index (χ3v) is 7.33. The summed E-state index contributed by atoms with van der Waals surface area (Å²) in [7, 11) is 0. The molecule has 0 saturated carbocycles. The Kier molecular flexibility index (Phi) is 10.2. The van der Waals surface area contributed by atoms with Crippen molar-refractivity contribution in [3.63, 3.8) is 0 Å². The third-order valence-electron chi connectivity index (χ3n) is 6.98. The Labute approximate surface area is 247 Å². The zero-order valence-electron chi connectivity index (χ0n) is 23.9. The highest BCUT2D eigenvalue weighted by Crippen LogP contribution is 2.23. The number of benzene rings is 3. The van der Waals surface area contributed by atoms with E-state index in [9.17, 15) is 14.4 Å². The summed E-state index contributed by atoms with van der Waals surface area (Å²) in [5, 5.41) is 6.33. The first-order chi connectivity index (χ1) is 19.6. The third kappa shape index (κ3) is 9.44. The number of ether oxygens (including phenoxy) is 1. The summed E-state index contributed by atoms with van der Waals surface area (Å²) in [6.45, 7) is 8.19. The summed E-state index contributed by atoms with van der Waals surface area (Å²) in [6.07, 6.45) is 1.90. The molecular formula is C33H38ClN3O4. The van der Waals surface area contributed by atoms with E-state index in [0.717, 1.165) is 55.6 Å². The molecule has 0 aliphatic carbocycles. The number of halogens is 1. The Bertz CT molecular complexity index is 1350. The predicted molar refractivity (Wildman–Crippen MR) is 163 cm³/mol. The van der Waals surface area contributed by atoms with Crippen LogP contribution in [0.25, 0.3) is 11.1 Å². The molecule has 7 nitrogen and oxygen atoms in total. The molecule has 3 aromatic rings. The van der Waals surface area contributed by atoms with Crippen molar-refractivity contribution in [1.29, 1.82) is 0 Å². The van der Waals surface area contributed by atoms with E-state index in [2.05, 4.69) is 15.5 Å². The van der Waals surface area contributed by atoms with Crippen molar-refractivity contribution in [3.8, 4) is 11.1 Å². The van der Waals surface area contributed by atoms with Crippen LogP contribution in [-0.4, -0.2) is 54.0 Å². The van der Waals surface area contributed by atoms with Gasteiger partial charge < -0.3 is 20.3 Å². The van der Waals surface area contributed by atoms with Crippen LogP contribution in [0.2, 0.25) is 5.02 Å². The van der Waals surface area contributed by atoms with Crippen molar-refractivity contribution in [1.82, 2.24) is 10.2 Å². The van der Waals surface area contributed by atoms with Gasteiger partial charge in [0.25, 0.3) is 0 Å². The van der Waals surface area contributed by atoms with E-state index in [-0.39, 0.29) is 30.2 Å². The van der Waals surface area contributed by atoms with Crippen molar-refractivity contribution < 1.29 is 19.1 Å². The van der Waals surface area contributed by atoms with Crippen LogP contribution in [0.1, 0.15) is 56.0 Å². The van der Waals surface area contributed by atoms with Crippen molar-refractivity contribution in [2.75, 3.05) is 25.0 Å². The van der Waals surface area contributed by atoms with Crippen LogP contribution in [0.3, 0.4) is 0 Å². The highest BCUT2D eigenvalue weighted by Gasteiger charge is 2.23. The number of carbonyl (C=O) groups excluding carboxylic acids is 3. The number of alkyl carbamates (subject to hydrolysis) is 1. The van der Waals surface area contributed by atoms with E-state index >= 15 is 0 Å². The molecule has 1 aliphatic rings. The van der Waals surface area contributed by atoms with Crippen molar-refractivity contribution >= 4 is 35.1 Å². The average molecular weight is 576 g/mol. The molecule has 0 atom stereocenters. The maximum atomic E-state index is 12.7. The number of piperidine rings is 1. The summed E-state index contributed by atoms with van der Waals surface area (Å²) in [5.74, 6) is -0.622. The number of ketones is 1. The van der Waals surface area contributed by atoms with Gasteiger partial charge in [-0.1, -0.05) is 72.3 Å². The van der Waals surface area contributed by atoms with E-state index in [1.54, 1.807) is 18.2 Å². The maximum absolute atomic E-state index is 12.7. The number of carbonyl (C=O) groups is 3. The SMILES string of the molecule is CC(C)(C)OC(=O)NC1CCN(CCc2ccc(NC(=O)CC(=O)c3ccc(-c4ccccc4)cc3)cc2Cl)CC1. The number of nitrogens with one attached hydrogen (secondary N) is 2. The Morgan fingerprint density at radius 3 is 2.22 bits per heavy atom. The summed E-state index contributed by atoms with van der Waals surface area (Å²) in [4.78, 5) is 39.6. The number of hydrogen-bond donors (Lipinski definition) is 2. The van der Waals surface area contributed by atoms with Crippen LogP contribution < -0.4 is 10.6 Å². The second-order valence-corrected chi connectivity index (χ2v) is 11.8. The van der Waals surface area contributed by atoms with E-state index < -0.39 is 5.60 Å². The van der Waals surface area contributed by atoms with Crippen LogP contribution >= 0.6 is 11.6 Å². The van der Waals surface area contributed by atoms with Crippen molar-refractivity contribution in [2.24, 2.45) is 0 Å². The van der Waals surface area contributed by atoms with Gasteiger partial charge in [0.2, 0.25) is 5.91 Å². The van der Waals surface area contributed by atoms with E-state index in [1.165, 1.54) is 0 Å². The minimum Gasteiger partial charge on any atom is -0.444 e. The van der Waals surface area contributed by atoms with Gasteiger partial charge in [-0.25, -0.2) is 4.79 Å². The molecule has 216 valence electrons. The standard InChI is InChI=1S/C33H38ClN3O4/c1-33(2,3)41-32(40)36-27-16-19-37(20-17-27)18-15-25-13-14-28(21-29(25)34)35-31(39)22-30(38)26-11-9-24(10-12-26)23-7-5-4-6-8-23/h4-14,21,27H,15-20,22H2,1-3H3,(H,35,39)(H,36,40). The van der Waals surface area contributed by atoms with Crippen molar-refractivity contribution in [3.05, 3.63) is 88.9 Å². The lowest BCUT2D eigenvalue weighted by Crippen LogP contribution is -2.46. The van der Waals surface area contributed by atoms with Crippen LogP contribution in [0.4, 0.5) is 10.5 Å². The average Bonchev–Trinajstić information content (AvgIpc) is 2.93. The van der Waals surface area contributed by atoms with Gasteiger partial charge in [0.1, 0.15) is 5.60 Å². The molecule has 3 aromatic carbocycles.